The van der Waals surface area contributed by atoms with Crippen LogP contribution < -0.4 is 4.74 Å². The second kappa shape index (κ2) is 8.88. The van der Waals surface area contributed by atoms with Crippen LogP contribution in [0.5, 0.6) is 5.75 Å². The van der Waals surface area contributed by atoms with Crippen molar-refractivity contribution in [3.05, 3.63) is 48.0 Å². The summed E-state index contributed by atoms with van der Waals surface area (Å²) >= 11 is 0. The summed E-state index contributed by atoms with van der Waals surface area (Å²) in [4.78, 5) is 18.8. The molecule has 1 fully saturated rings. The summed E-state index contributed by atoms with van der Waals surface area (Å²) in [6, 6.07) is 8.10. The van der Waals surface area contributed by atoms with E-state index in [0.29, 0.717) is 18.9 Å². The number of ether oxygens (including phenoxy) is 1. The number of benzene rings is 1. The van der Waals surface area contributed by atoms with E-state index in [9.17, 15) is 4.79 Å². The van der Waals surface area contributed by atoms with E-state index in [1.807, 2.05) is 36.2 Å². The van der Waals surface area contributed by atoms with Gasteiger partial charge >= 0.3 is 0 Å². The highest BCUT2D eigenvalue weighted by molar-refractivity contribution is 5.76. The van der Waals surface area contributed by atoms with Crippen molar-refractivity contribution in [1.82, 2.24) is 14.5 Å². The first-order valence-electron chi connectivity index (χ1n) is 9.57. The molecule has 1 aromatic heterocycles. The van der Waals surface area contributed by atoms with Crippen molar-refractivity contribution in [1.29, 1.82) is 0 Å². The molecule has 1 aromatic carbocycles. The molecule has 0 spiro atoms. The number of rotatable bonds is 7. The number of hydrogen-bond donors (Lipinski definition) is 0. The third-order valence-electron chi connectivity index (χ3n) is 5.15. The predicted octanol–water partition coefficient (Wildman–Crippen LogP) is 3.60. The molecule has 2 heterocycles. The Balaban J connectivity index is 1.43. The molecule has 1 aliphatic heterocycles. The quantitative estimate of drug-likeness (QED) is 0.762. The highest BCUT2D eigenvalue weighted by Crippen LogP contribution is 2.21. The van der Waals surface area contributed by atoms with Gasteiger partial charge in [0.1, 0.15) is 11.6 Å². The lowest BCUT2D eigenvalue weighted by molar-refractivity contribution is -0.133. The lowest BCUT2D eigenvalue weighted by atomic mass is 9.98. The second-order valence-electron chi connectivity index (χ2n) is 7.20. The van der Waals surface area contributed by atoms with Gasteiger partial charge in [-0.3, -0.25) is 4.79 Å². The number of imidazole rings is 1. The van der Waals surface area contributed by atoms with Crippen LogP contribution in [0, 0.1) is 19.8 Å². The maximum atomic E-state index is 12.5. The van der Waals surface area contributed by atoms with E-state index < -0.39 is 0 Å². The number of nitrogens with zero attached hydrogens (tertiary/aromatic N) is 3. The standard InChI is InChI=1S/C21H29N3O2/c1-17-7-3-4-9-20(17)26-16-19-8-5-13-24(15-19)21(25)10-6-12-23-14-11-22-18(23)2/h3-4,7,9,11,14,19H,5-6,8,10,12-13,15-16H2,1-2H3/t19-/m1/s1. The van der Waals surface area contributed by atoms with E-state index in [1.54, 1.807) is 6.20 Å². The fraction of sp³-hybridized carbons (Fsp3) is 0.524. The highest BCUT2D eigenvalue weighted by Gasteiger charge is 2.24. The fourth-order valence-electron chi connectivity index (χ4n) is 3.55. The Labute approximate surface area is 156 Å². The summed E-state index contributed by atoms with van der Waals surface area (Å²) in [5.74, 6) is 2.64. The van der Waals surface area contributed by atoms with Gasteiger partial charge in [0.05, 0.1) is 6.61 Å². The van der Waals surface area contributed by atoms with Crippen molar-refractivity contribution in [2.75, 3.05) is 19.7 Å². The number of hydrogen-bond acceptors (Lipinski definition) is 3. The summed E-state index contributed by atoms with van der Waals surface area (Å²) in [5, 5.41) is 0. The fourth-order valence-corrected chi connectivity index (χ4v) is 3.55. The largest absolute Gasteiger partial charge is 0.493 e. The van der Waals surface area contributed by atoms with Crippen LogP contribution in [0.25, 0.3) is 0 Å². The predicted molar refractivity (Wildman–Crippen MR) is 102 cm³/mol. The Morgan fingerprint density at radius 2 is 2.15 bits per heavy atom. The van der Waals surface area contributed by atoms with Crippen LogP contribution in [0.4, 0.5) is 0 Å². The minimum atomic E-state index is 0.267. The topological polar surface area (TPSA) is 47.4 Å². The monoisotopic (exact) mass is 355 g/mol. The molecule has 2 aromatic rings. The Hall–Kier alpha value is -2.30. The Kier molecular flexibility index (Phi) is 6.31. The van der Waals surface area contributed by atoms with E-state index >= 15 is 0 Å². The Morgan fingerprint density at radius 1 is 1.31 bits per heavy atom. The van der Waals surface area contributed by atoms with Crippen molar-refractivity contribution in [2.45, 2.75) is 46.1 Å². The van der Waals surface area contributed by atoms with Crippen molar-refractivity contribution in [3.8, 4) is 5.75 Å². The van der Waals surface area contributed by atoms with Gasteiger partial charge < -0.3 is 14.2 Å². The summed E-state index contributed by atoms with van der Waals surface area (Å²) in [7, 11) is 0. The molecule has 140 valence electrons. The minimum Gasteiger partial charge on any atom is -0.493 e. The Morgan fingerprint density at radius 3 is 2.92 bits per heavy atom. The normalized spacial score (nSPS) is 17.3. The number of aromatic nitrogens is 2. The van der Waals surface area contributed by atoms with Crippen LogP contribution in [0.3, 0.4) is 0 Å². The van der Waals surface area contributed by atoms with E-state index in [2.05, 4.69) is 22.5 Å². The summed E-state index contributed by atoms with van der Waals surface area (Å²) in [5.41, 5.74) is 1.16. The second-order valence-corrected chi connectivity index (χ2v) is 7.20. The summed E-state index contributed by atoms with van der Waals surface area (Å²) in [6.45, 7) is 7.28. The molecule has 0 radical (unpaired) electrons. The van der Waals surface area contributed by atoms with Gasteiger partial charge in [-0.15, -0.1) is 0 Å². The van der Waals surface area contributed by atoms with Crippen molar-refractivity contribution < 1.29 is 9.53 Å². The van der Waals surface area contributed by atoms with Crippen LogP contribution >= 0.6 is 0 Å². The molecular formula is C21H29N3O2. The SMILES string of the molecule is Cc1ccccc1OC[C@@H]1CCCN(C(=O)CCCn2ccnc2C)C1. The molecule has 1 amide bonds. The first-order valence-corrected chi connectivity index (χ1v) is 9.57. The van der Waals surface area contributed by atoms with Gasteiger partial charge in [-0.25, -0.2) is 4.98 Å². The van der Waals surface area contributed by atoms with E-state index in [4.69, 9.17) is 4.74 Å². The number of likely N-dealkylation sites (tertiary alicyclic amines) is 1. The van der Waals surface area contributed by atoms with Crippen molar-refractivity contribution in [3.63, 3.8) is 0 Å². The number of carbonyl (C=O) groups excluding carboxylic acids is 1. The lowest BCUT2D eigenvalue weighted by Gasteiger charge is -2.33. The molecule has 0 N–H and O–H groups in total. The molecule has 0 bridgehead atoms. The molecule has 1 atom stereocenters. The summed E-state index contributed by atoms with van der Waals surface area (Å²) < 4.78 is 8.10. The first-order chi connectivity index (χ1) is 12.6. The molecular weight excluding hydrogens is 326 g/mol. The van der Waals surface area contributed by atoms with Gasteiger partial charge in [-0.2, -0.15) is 0 Å². The number of carbonyl (C=O) groups is 1. The van der Waals surface area contributed by atoms with Gasteiger partial charge in [-0.1, -0.05) is 18.2 Å². The van der Waals surface area contributed by atoms with E-state index in [1.165, 1.54) is 0 Å². The number of piperidine rings is 1. The Bertz CT molecular complexity index is 726. The maximum absolute atomic E-state index is 12.5. The van der Waals surface area contributed by atoms with Gasteiger partial charge in [0.15, 0.2) is 0 Å². The van der Waals surface area contributed by atoms with Crippen LogP contribution in [-0.2, 0) is 11.3 Å². The lowest BCUT2D eigenvalue weighted by Crippen LogP contribution is -2.41. The molecule has 3 rings (SSSR count). The molecule has 5 heteroatoms. The number of amides is 1. The zero-order valence-electron chi connectivity index (χ0n) is 15.9. The molecule has 0 saturated carbocycles. The third kappa shape index (κ3) is 4.87. The summed E-state index contributed by atoms with van der Waals surface area (Å²) in [6.07, 6.45) is 7.43. The number of aryl methyl sites for hydroxylation is 3. The average Bonchev–Trinajstić information content (AvgIpc) is 3.06. The maximum Gasteiger partial charge on any atom is 0.222 e. The van der Waals surface area contributed by atoms with Crippen LogP contribution in [-0.4, -0.2) is 40.1 Å². The van der Waals surface area contributed by atoms with Gasteiger partial charge in [0, 0.05) is 44.4 Å². The van der Waals surface area contributed by atoms with Gasteiger partial charge in [0.2, 0.25) is 5.91 Å². The molecule has 0 aliphatic carbocycles. The smallest absolute Gasteiger partial charge is 0.222 e. The van der Waals surface area contributed by atoms with Gasteiger partial charge in [-0.05, 0) is 44.7 Å². The third-order valence-corrected chi connectivity index (χ3v) is 5.15. The highest BCUT2D eigenvalue weighted by atomic mass is 16.5. The number of para-hydroxylation sites is 1. The van der Waals surface area contributed by atoms with Crippen LogP contribution in [0.15, 0.2) is 36.7 Å². The van der Waals surface area contributed by atoms with Crippen molar-refractivity contribution >= 4 is 5.91 Å². The molecule has 0 unspecified atom stereocenters. The zero-order chi connectivity index (χ0) is 18.4. The van der Waals surface area contributed by atoms with E-state index in [0.717, 1.165) is 56.0 Å². The molecule has 1 saturated heterocycles. The molecule has 1 aliphatic rings. The zero-order valence-corrected chi connectivity index (χ0v) is 15.9. The first kappa shape index (κ1) is 18.5. The molecule has 26 heavy (non-hydrogen) atoms. The minimum absolute atomic E-state index is 0.267. The molecule has 5 nitrogen and oxygen atoms in total. The van der Waals surface area contributed by atoms with Crippen molar-refractivity contribution in [2.24, 2.45) is 5.92 Å². The van der Waals surface area contributed by atoms with Gasteiger partial charge in [0.25, 0.3) is 0 Å². The average molecular weight is 355 g/mol. The van der Waals surface area contributed by atoms with Crippen LogP contribution in [0.1, 0.15) is 37.1 Å². The van der Waals surface area contributed by atoms with E-state index in [-0.39, 0.29) is 5.91 Å². The van der Waals surface area contributed by atoms with Crippen LogP contribution in [0.2, 0.25) is 0 Å².